The Bertz CT molecular complexity index is 552. The van der Waals surface area contributed by atoms with Crippen molar-refractivity contribution in [2.75, 3.05) is 0 Å². The van der Waals surface area contributed by atoms with Gasteiger partial charge < -0.3 is 0 Å². The Morgan fingerprint density at radius 3 is 2.65 bits per heavy atom. The van der Waals surface area contributed by atoms with Crippen LogP contribution in [-0.2, 0) is 10.0 Å². The van der Waals surface area contributed by atoms with Crippen LogP contribution in [0.25, 0.3) is 0 Å². The molecular weight excluding hydrogens is 372 g/mol. The number of sulfonamides is 1. The first kappa shape index (κ1) is 14.6. The molecule has 0 fully saturated rings. The summed E-state index contributed by atoms with van der Waals surface area (Å²) in [6.07, 6.45) is 0.418. The van der Waals surface area contributed by atoms with Crippen molar-refractivity contribution in [3.05, 3.63) is 27.1 Å². The molecule has 0 spiro atoms. The van der Waals surface area contributed by atoms with E-state index >= 15 is 0 Å². The van der Waals surface area contributed by atoms with Gasteiger partial charge in [0.25, 0.3) is 0 Å². The molecule has 1 N–H and O–H groups in total. The molecule has 1 aromatic carbocycles. The molecular formula is C10H10Br2N2O2S. The Morgan fingerprint density at radius 2 is 2.12 bits per heavy atom. The summed E-state index contributed by atoms with van der Waals surface area (Å²) in [7, 11) is -3.69. The summed E-state index contributed by atoms with van der Waals surface area (Å²) in [5.74, 6) is 0. The fourth-order valence-electron chi connectivity index (χ4n) is 1.13. The van der Waals surface area contributed by atoms with E-state index in [0.717, 1.165) is 0 Å². The molecule has 1 unspecified atom stereocenters. The van der Waals surface area contributed by atoms with Crippen LogP contribution in [0.1, 0.15) is 13.3 Å². The lowest BCUT2D eigenvalue weighted by molar-refractivity contribution is 0.569. The van der Waals surface area contributed by atoms with E-state index < -0.39 is 16.1 Å². The van der Waals surface area contributed by atoms with Gasteiger partial charge in [-0.1, -0.05) is 22.9 Å². The molecule has 0 radical (unpaired) electrons. The maximum absolute atomic E-state index is 12.0. The van der Waals surface area contributed by atoms with Gasteiger partial charge >= 0.3 is 0 Å². The molecule has 4 nitrogen and oxygen atoms in total. The van der Waals surface area contributed by atoms with Crippen LogP contribution in [0.4, 0.5) is 0 Å². The van der Waals surface area contributed by atoms with Gasteiger partial charge in [-0.3, -0.25) is 0 Å². The first-order valence-electron chi connectivity index (χ1n) is 4.77. The summed E-state index contributed by atoms with van der Waals surface area (Å²) >= 11 is 6.39. The maximum atomic E-state index is 12.0. The van der Waals surface area contributed by atoms with Gasteiger partial charge in [0.1, 0.15) is 6.04 Å². The number of halogens is 2. The minimum absolute atomic E-state index is 0.112. The van der Waals surface area contributed by atoms with E-state index in [1.165, 1.54) is 6.07 Å². The van der Waals surface area contributed by atoms with Crippen molar-refractivity contribution in [3.63, 3.8) is 0 Å². The molecule has 1 rings (SSSR count). The standard InChI is InChI=1S/C10H10Br2N2O2S/c1-2-8(6-13)14-17(15,16)10-5-7(11)3-4-9(10)12/h3-5,8,14H,2H2,1H3. The second-order valence-corrected chi connectivity index (χ2v) is 6.74. The van der Waals surface area contributed by atoms with Crippen LogP contribution in [0.2, 0.25) is 0 Å². The molecule has 1 aromatic rings. The van der Waals surface area contributed by atoms with Crippen LogP contribution < -0.4 is 4.72 Å². The van der Waals surface area contributed by atoms with Crippen LogP contribution in [0, 0.1) is 11.3 Å². The number of hydrogen-bond acceptors (Lipinski definition) is 3. The maximum Gasteiger partial charge on any atom is 0.242 e. The van der Waals surface area contributed by atoms with Gasteiger partial charge in [0.15, 0.2) is 0 Å². The van der Waals surface area contributed by atoms with Crippen molar-refractivity contribution in [2.45, 2.75) is 24.3 Å². The zero-order valence-corrected chi connectivity index (χ0v) is 12.9. The van der Waals surface area contributed by atoms with Crippen LogP contribution >= 0.6 is 31.9 Å². The van der Waals surface area contributed by atoms with E-state index in [1.54, 1.807) is 19.1 Å². The Morgan fingerprint density at radius 1 is 1.47 bits per heavy atom. The molecule has 1 atom stereocenters. The predicted octanol–water partition coefficient (Wildman–Crippen LogP) is 2.79. The minimum Gasteiger partial charge on any atom is -0.207 e. The number of rotatable bonds is 4. The average Bonchev–Trinajstić information content (AvgIpc) is 2.29. The molecule has 0 amide bonds. The topological polar surface area (TPSA) is 70.0 Å². The highest BCUT2D eigenvalue weighted by molar-refractivity contribution is 9.11. The molecule has 17 heavy (non-hydrogen) atoms. The van der Waals surface area contributed by atoms with Crippen molar-refractivity contribution in [1.29, 1.82) is 5.26 Å². The lowest BCUT2D eigenvalue weighted by atomic mass is 10.3. The van der Waals surface area contributed by atoms with E-state index in [1.807, 2.05) is 6.07 Å². The third-order valence-electron chi connectivity index (χ3n) is 2.04. The van der Waals surface area contributed by atoms with Crippen molar-refractivity contribution in [3.8, 4) is 6.07 Å². The van der Waals surface area contributed by atoms with Gasteiger partial charge in [0, 0.05) is 8.95 Å². The monoisotopic (exact) mass is 380 g/mol. The molecule has 0 aliphatic heterocycles. The number of nitriles is 1. The molecule has 0 aliphatic carbocycles. The van der Waals surface area contributed by atoms with E-state index in [4.69, 9.17) is 5.26 Å². The SMILES string of the molecule is CCC(C#N)NS(=O)(=O)c1cc(Br)ccc1Br. The van der Waals surface area contributed by atoms with E-state index in [-0.39, 0.29) is 4.90 Å². The van der Waals surface area contributed by atoms with Gasteiger partial charge in [-0.05, 0) is 40.5 Å². The molecule has 0 saturated heterocycles. The van der Waals surface area contributed by atoms with Crippen LogP contribution in [0.3, 0.4) is 0 Å². The average molecular weight is 382 g/mol. The zero-order valence-electron chi connectivity index (χ0n) is 8.94. The third-order valence-corrected chi connectivity index (χ3v) is 5.00. The van der Waals surface area contributed by atoms with Crippen molar-refractivity contribution < 1.29 is 8.42 Å². The highest BCUT2D eigenvalue weighted by Crippen LogP contribution is 2.25. The second kappa shape index (κ2) is 5.96. The Balaban J connectivity index is 3.14. The first-order chi connectivity index (χ1) is 7.90. The predicted molar refractivity (Wildman–Crippen MR) is 71.9 cm³/mol. The quantitative estimate of drug-likeness (QED) is 0.871. The summed E-state index contributed by atoms with van der Waals surface area (Å²) in [4.78, 5) is 0.112. The van der Waals surface area contributed by atoms with E-state index in [9.17, 15) is 8.42 Å². The molecule has 0 saturated carbocycles. The summed E-state index contributed by atoms with van der Waals surface area (Å²) in [6.45, 7) is 1.74. The fraction of sp³-hybridized carbons (Fsp3) is 0.300. The first-order valence-corrected chi connectivity index (χ1v) is 7.84. The largest absolute Gasteiger partial charge is 0.242 e. The van der Waals surface area contributed by atoms with Crippen molar-refractivity contribution >= 4 is 41.9 Å². The van der Waals surface area contributed by atoms with Crippen LogP contribution in [0.15, 0.2) is 32.0 Å². The van der Waals surface area contributed by atoms with Gasteiger partial charge in [-0.2, -0.15) is 9.98 Å². The summed E-state index contributed by atoms with van der Waals surface area (Å²) in [6, 6.07) is 6.02. The smallest absolute Gasteiger partial charge is 0.207 e. The highest BCUT2D eigenvalue weighted by Gasteiger charge is 2.21. The Hall–Kier alpha value is -0.420. The highest BCUT2D eigenvalue weighted by atomic mass is 79.9. The fourth-order valence-corrected chi connectivity index (χ4v) is 3.86. The van der Waals surface area contributed by atoms with Gasteiger partial charge in [-0.25, -0.2) is 8.42 Å². The van der Waals surface area contributed by atoms with E-state index in [0.29, 0.717) is 15.4 Å². The number of hydrogen-bond donors (Lipinski definition) is 1. The molecule has 0 heterocycles. The number of nitrogens with one attached hydrogen (secondary N) is 1. The Labute approximate surface area is 117 Å². The van der Waals surface area contributed by atoms with Crippen LogP contribution in [0.5, 0.6) is 0 Å². The molecule has 7 heteroatoms. The lowest BCUT2D eigenvalue weighted by Crippen LogP contribution is -2.33. The lowest BCUT2D eigenvalue weighted by Gasteiger charge is -2.11. The zero-order chi connectivity index (χ0) is 13.1. The normalized spacial score (nSPS) is 13.1. The van der Waals surface area contributed by atoms with Crippen LogP contribution in [-0.4, -0.2) is 14.5 Å². The second-order valence-electron chi connectivity index (χ2n) is 3.29. The molecule has 0 bridgehead atoms. The minimum atomic E-state index is -3.69. The van der Waals surface area contributed by atoms with E-state index in [2.05, 4.69) is 36.6 Å². The molecule has 0 aliphatic rings. The summed E-state index contributed by atoms with van der Waals surface area (Å²) < 4.78 is 27.5. The summed E-state index contributed by atoms with van der Waals surface area (Å²) in [5.41, 5.74) is 0. The van der Waals surface area contributed by atoms with Gasteiger partial charge in [0.05, 0.1) is 11.0 Å². The number of nitrogens with zero attached hydrogens (tertiary/aromatic N) is 1. The van der Waals surface area contributed by atoms with Crippen molar-refractivity contribution in [1.82, 2.24) is 4.72 Å². The third kappa shape index (κ3) is 3.78. The van der Waals surface area contributed by atoms with Gasteiger partial charge in [-0.15, -0.1) is 0 Å². The Kier molecular flexibility index (Phi) is 5.13. The van der Waals surface area contributed by atoms with Crippen molar-refractivity contribution in [2.24, 2.45) is 0 Å². The number of benzene rings is 1. The molecule has 92 valence electrons. The molecule has 0 aromatic heterocycles. The van der Waals surface area contributed by atoms with Gasteiger partial charge in [0.2, 0.25) is 10.0 Å². The summed E-state index contributed by atoms with van der Waals surface area (Å²) in [5, 5.41) is 8.76.